The van der Waals surface area contributed by atoms with Crippen LogP contribution in [0.1, 0.15) is 24.0 Å². The van der Waals surface area contributed by atoms with Crippen molar-refractivity contribution in [3.63, 3.8) is 0 Å². The molecule has 3 rings (SSSR count). The van der Waals surface area contributed by atoms with Gasteiger partial charge in [0, 0.05) is 49.0 Å². The number of aliphatic hydroxyl groups excluding tert-OH is 1. The Kier molecular flexibility index (Phi) is 7.97. The van der Waals surface area contributed by atoms with Crippen LogP contribution in [-0.2, 0) is 0 Å². The molecule has 0 unspecified atom stereocenters. The van der Waals surface area contributed by atoms with Gasteiger partial charge in [0.1, 0.15) is 0 Å². The number of nitrogens with one attached hydrogen (secondary N) is 1. The summed E-state index contributed by atoms with van der Waals surface area (Å²) in [4.78, 5) is 4.04. The quantitative estimate of drug-likeness (QED) is 0.322. The molecule has 3 aromatic rings. The van der Waals surface area contributed by atoms with Gasteiger partial charge in [-0.1, -0.05) is 30.4 Å². The Balaban J connectivity index is 1.73. The Morgan fingerprint density at radius 1 is 1.03 bits per heavy atom. The molecule has 0 aliphatic heterocycles. The van der Waals surface area contributed by atoms with E-state index in [1.807, 2.05) is 48.5 Å². The molecule has 1 aromatic heterocycles. The molecular formula is C25H27N5O. The molecule has 31 heavy (non-hydrogen) atoms. The summed E-state index contributed by atoms with van der Waals surface area (Å²) in [5.74, 6) is 0. The molecule has 6 heteroatoms. The minimum Gasteiger partial charge on any atom is -0.401 e. The maximum absolute atomic E-state index is 8.96. The molecule has 0 aliphatic carbocycles. The predicted octanol–water partition coefficient (Wildman–Crippen LogP) is 4.99. The maximum atomic E-state index is 8.96. The fourth-order valence-corrected chi connectivity index (χ4v) is 2.98. The van der Waals surface area contributed by atoms with E-state index in [0.717, 1.165) is 28.2 Å². The largest absolute Gasteiger partial charge is 0.401 e. The van der Waals surface area contributed by atoms with Crippen LogP contribution in [0.4, 0.5) is 17.1 Å². The number of rotatable bonds is 10. The van der Waals surface area contributed by atoms with Crippen LogP contribution in [0.5, 0.6) is 0 Å². The van der Waals surface area contributed by atoms with Crippen LogP contribution in [0, 0.1) is 0 Å². The van der Waals surface area contributed by atoms with Crippen molar-refractivity contribution in [1.82, 2.24) is 4.98 Å². The molecule has 0 spiro atoms. The molecule has 0 fully saturated rings. The molecule has 6 nitrogen and oxygen atoms in total. The van der Waals surface area contributed by atoms with Gasteiger partial charge in [0.25, 0.3) is 0 Å². The van der Waals surface area contributed by atoms with Gasteiger partial charge in [0.05, 0.1) is 5.69 Å². The van der Waals surface area contributed by atoms with Crippen molar-refractivity contribution in [2.24, 2.45) is 10.8 Å². The fourth-order valence-electron chi connectivity index (χ4n) is 2.98. The highest BCUT2D eigenvalue weighted by Gasteiger charge is 2.04. The molecule has 0 radical (unpaired) electrons. The van der Waals surface area contributed by atoms with Gasteiger partial charge in [-0.05, 0) is 66.4 Å². The number of pyridine rings is 1. The second-order valence-corrected chi connectivity index (χ2v) is 6.93. The standard InChI is InChI=1S/C25H27N5O/c1-27-30(19-22(26)6-4-16-31)25-9-3-8-24(18-25)29-23-7-2-5-21(17-23)11-10-20-12-14-28-15-13-20/h2-3,5,7-15,17-19,29,31H,1,4,6,16,26H2/b11-10+,22-19-. The molecule has 4 N–H and O–H groups in total. The molecule has 0 aliphatic rings. The van der Waals surface area contributed by atoms with Crippen LogP contribution in [0.3, 0.4) is 0 Å². The van der Waals surface area contributed by atoms with Crippen molar-refractivity contribution >= 4 is 35.9 Å². The summed E-state index contributed by atoms with van der Waals surface area (Å²) >= 11 is 0. The van der Waals surface area contributed by atoms with Crippen LogP contribution in [0.15, 0.2) is 90.1 Å². The second kappa shape index (κ2) is 11.3. The highest BCUT2D eigenvalue weighted by molar-refractivity contribution is 5.73. The van der Waals surface area contributed by atoms with Crippen LogP contribution < -0.4 is 16.1 Å². The number of benzene rings is 2. The van der Waals surface area contributed by atoms with Crippen molar-refractivity contribution in [2.45, 2.75) is 12.8 Å². The topological polar surface area (TPSA) is 86.8 Å². The van der Waals surface area contributed by atoms with Gasteiger partial charge >= 0.3 is 0 Å². The zero-order valence-electron chi connectivity index (χ0n) is 17.4. The Bertz CT molecular complexity index is 1050. The maximum Gasteiger partial charge on any atom is 0.0666 e. The van der Waals surface area contributed by atoms with Gasteiger partial charge in [-0.2, -0.15) is 5.10 Å². The smallest absolute Gasteiger partial charge is 0.0666 e. The summed E-state index contributed by atoms with van der Waals surface area (Å²) in [5.41, 5.74) is 11.6. The normalized spacial score (nSPS) is 11.5. The fraction of sp³-hybridized carbons (Fsp3) is 0.120. The zero-order valence-corrected chi connectivity index (χ0v) is 17.4. The molecule has 0 amide bonds. The number of nitrogens with zero attached hydrogens (tertiary/aromatic N) is 3. The average molecular weight is 414 g/mol. The van der Waals surface area contributed by atoms with Gasteiger partial charge in [-0.3, -0.25) is 4.98 Å². The summed E-state index contributed by atoms with van der Waals surface area (Å²) in [7, 11) is 0. The number of aliphatic hydroxyl groups is 1. The molecule has 0 atom stereocenters. The minimum atomic E-state index is 0.103. The lowest BCUT2D eigenvalue weighted by Gasteiger charge is -2.17. The highest BCUT2D eigenvalue weighted by atomic mass is 16.2. The first-order valence-electron chi connectivity index (χ1n) is 10.1. The van der Waals surface area contributed by atoms with Gasteiger partial charge in [-0.15, -0.1) is 0 Å². The third kappa shape index (κ3) is 6.83. The van der Waals surface area contributed by atoms with Crippen molar-refractivity contribution in [3.8, 4) is 0 Å². The van der Waals surface area contributed by atoms with Crippen LogP contribution in [0.25, 0.3) is 12.2 Å². The zero-order chi connectivity index (χ0) is 21.9. The molecule has 158 valence electrons. The minimum absolute atomic E-state index is 0.103. The van der Waals surface area contributed by atoms with Crippen molar-refractivity contribution in [1.29, 1.82) is 0 Å². The summed E-state index contributed by atoms with van der Waals surface area (Å²) in [6.07, 6.45) is 10.6. The predicted molar refractivity (Wildman–Crippen MR) is 130 cm³/mol. The lowest BCUT2D eigenvalue weighted by atomic mass is 10.1. The SMILES string of the molecule is C=NN(/C=C(\N)CCCO)c1cccc(Nc2cccc(/C=C/c3ccncc3)c2)c1. The molecule has 0 bridgehead atoms. The Hall–Kier alpha value is -3.90. The van der Waals surface area contributed by atoms with E-state index in [9.17, 15) is 0 Å². The van der Waals surface area contributed by atoms with Crippen LogP contribution in [-0.4, -0.2) is 23.4 Å². The summed E-state index contributed by atoms with van der Waals surface area (Å²) < 4.78 is 0. The number of hydrogen-bond acceptors (Lipinski definition) is 6. The molecule has 0 saturated heterocycles. The van der Waals surface area contributed by atoms with Gasteiger partial charge in [0.15, 0.2) is 0 Å². The van der Waals surface area contributed by atoms with E-state index in [1.165, 1.54) is 0 Å². The molecule has 1 heterocycles. The first kappa shape index (κ1) is 21.8. The van der Waals surface area contributed by atoms with E-state index in [1.54, 1.807) is 23.6 Å². The van der Waals surface area contributed by atoms with Crippen molar-refractivity contribution in [3.05, 3.63) is 96.1 Å². The Morgan fingerprint density at radius 2 is 1.74 bits per heavy atom. The Labute approximate surface area is 183 Å². The van der Waals surface area contributed by atoms with E-state index in [0.29, 0.717) is 18.5 Å². The van der Waals surface area contributed by atoms with Crippen molar-refractivity contribution in [2.75, 3.05) is 16.9 Å². The molecule has 0 saturated carbocycles. The summed E-state index contributed by atoms with van der Waals surface area (Å²) in [6, 6.07) is 20.0. The van der Waals surface area contributed by atoms with Gasteiger partial charge < -0.3 is 16.2 Å². The van der Waals surface area contributed by atoms with Crippen LogP contribution >= 0.6 is 0 Å². The average Bonchev–Trinajstić information content (AvgIpc) is 2.81. The third-order valence-electron chi connectivity index (χ3n) is 4.52. The van der Waals surface area contributed by atoms with Gasteiger partial charge in [0.2, 0.25) is 0 Å². The number of hydrogen-bond donors (Lipinski definition) is 3. The number of allylic oxidation sites excluding steroid dienone is 1. The number of aromatic nitrogens is 1. The van der Waals surface area contributed by atoms with E-state index in [-0.39, 0.29) is 6.61 Å². The van der Waals surface area contributed by atoms with Gasteiger partial charge in [-0.25, -0.2) is 5.01 Å². The number of anilines is 3. The lowest BCUT2D eigenvalue weighted by molar-refractivity contribution is 0.288. The first-order chi connectivity index (χ1) is 15.2. The van der Waals surface area contributed by atoms with E-state index in [4.69, 9.17) is 10.8 Å². The number of nitrogens with two attached hydrogens (primary N) is 1. The summed E-state index contributed by atoms with van der Waals surface area (Å²) in [6.45, 7) is 3.74. The molecule has 2 aromatic carbocycles. The van der Waals surface area contributed by atoms with Crippen molar-refractivity contribution < 1.29 is 5.11 Å². The van der Waals surface area contributed by atoms with Crippen LogP contribution in [0.2, 0.25) is 0 Å². The molecular weight excluding hydrogens is 386 g/mol. The summed E-state index contributed by atoms with van der Waals surface area (Å²) in [5, 5.41) is 18.1. The number of hydrazone groups is 1. The Morgan fingerprint density at radius 3 is 2.48 bits per heavy atom. The van der Waals surface area contributed by atoms with E-state index < -0.39 is 0 Å². The third-order valence-corrected chi connectivity index (χ3v) is 4.52. The lowest BCUT2D eigenvalue weighted by Crippen LogP contribution is -2.11. The van der Waals surface area contributed by atoms with E-state index >= 15 is 0 Å². The van der Waals surface area contributed by atoms with E-state index in [2.05, 4.69) is 46.4 Å². The monoisotopic (exact) mass is 413 g/mol. The second-order valence-electron chi connectivity index (χ2n) is 6.93. The first-order valence-corrected chi connectivity index (χ1v) is 10.1. The highest BCUT2D eigenvalue weighted by Crippen LogP contribution is 2.24.